The van der Waals surface area contributed by atoms with Crippen LogP contribution < -0.4 is 10.6 Å². The molecule has 0 spiro atoms. The minimum Gasteiger partial charge on any atom is -0.348 e. The first kappa shape index (κ1) is 17.1. The van der Waals surface area contributed by atoms with Crippen molar-refractivity contribution >= 4 is 30.7 Å². The summed E-state index contributed by atoms with van der Waals surface area (Å²) in [6.45, 7) is 1.73. The Balaban J connectivity index is 0.00000144. The van der Waals surface area contributed by atoms with Gasteiger partial charge in [0.2, 0.25) is 0 Å². The number of nitrogens with one attached hydrogen (secondary N) is 2. The second-order valence-corrected chi connectivity index (χ2v) is 3.87. The Bertz CT molecular complexity index is 386. The molecular formula is C11H16Cl2FN3O. The highest BCUT2D eigenvalue weighted by Crippen LogP contribution is 2.07. The minimum atomic E-state index is -0.580. The lowest BCUT2D eigenvalue weighted by Crippen LogP contribution is -2.45. The predicted octanol–water partition coefficient (Wildman–Crippen LogP) is 1.55. The Kier molecular flexibility index (Phi) is 7.82. The van der Waals surface area contributed by atoms with Gasteiger partial charge in [-0.05, 0) is 25.5 Å². The molecule has 0 bridgehead atoms. The van der Waals surface area contributed by atoms with Crippen molar-refractivity contribution in [3.8, 4) is 0 Å². The van der Waals surface area contributed by atoms with Crippen molar-refractivity contribution in [2.24, 2.45) is 0 Å². The monoisotopic (exact) mass is 295 g/mol. The second kappa shape index (κ2) is 8.24. The van der Waals surface area contributed by atoms with Crippen molar-refractivity contribution in [1.29, 1.82) is 0 Å². The van der Waals surface area contributed by atoms with Crippen LogP contribution in [0.15, 0.2) is 18.5 Å². The van der Waals surface area contributed by atoms with E-state index in [0.29, 0.717) is 0 Å². The lowest BCUT2D eigenvalue weighted by atomic mass is 10.1. The van der Waals surface area contributed by atoms with Gasteiger partial charge in [-0.2, -0.15) is 0 Å². The molecule has 4 nitrogen and oxygen atoms in total. The number of carbonyl (C=O) groups excluding carboxylic acids is 1. The van der Waals surface area contributed by atoms with E-state index in [4.69, 9.17) is 0 Å². The largest absolute Gasteiger partial charge is 0.348 e. The minimum absolute atomic E-state index is 0. The Morgan fingerprint density at radius 2 is 2.28 bits per heavy atom. The third-order valence-corrected chi connectivity index (χ3v) is 2.65. The molecule has 1 aliphatic rings. The van der Waals surface area contributed by atoms with Crippen molar-refractivity contribution < 1.29 is 9.18 Å². The number of hydrogen-bond donors (Lipinski definition) is 2. The molecule has 1 aliphatic heterocycles. The summed E-state index contributed by atoms with van der Waals surface area (Å²) in [5.74, 6) is -0.947. The number of halogens is 3. The molecular weight excluding hydrogens is 280 g/mol. The summed E-state index contributed by atoms with van der Waals surface area (Å²) in [6.07, 6.45) is 4.43. The fourth-order valence-electron chi connectivity index (χ4n) is 1.80. The van der Waals surface area contributed by atoms with Crippen molar-refractivity contribution in [1.82, 2.24) is 15.6 Å². The van der Waals surface area contributed by atoms with E-state index in [1.165, 1.54) is 12.3 Å². The van der Waals surface area contributed by atoms with Crippen LogP contribution in [-0.2, 0) is 0 Å². The highest BCUT2D eigenvalue weighted by molar-refractivity contribution is 5.94. The predicted molar refractivity (Wildman–Crippen MR) is 72.0 cm³/mol. The van der Waals surface area contributed by atoms with E-state index < -0.39 is 5.82 Å². The van der Waals surface area contributed by atoms with E-state index in [-0.39, 0.29) is 42.3 Å². The second-order valence-electron chi connectivity index (χ2n) is 3.87. The van der Waals surface area contributed by atoms with E-state index in [9.17, 15) is 9.18 Å². The van der Waals surface area contributed by atoms with Gasteiger partial charge >= 0.3 is 0 Å². The number of piperidine rings is 1. The van der Waals surface area contributed by atoms with E-state index in [1.807, 2.05) is 0 Å². The summed E-state index contributed by atoms with van der Waals surface area (Å²) in [4.78, 5) is 15.3. The zero-order chi connectivity index (χ0) is 11.4. The summed E-state index contributed by atoms with van der Waals surface area (Å²) >= 11 is 0. The molecule has 2 rings (SSSR count). The molecule has 1 aromatic rings. The Hall–Kier alpha value is -0.910. The zero-order valence-corrected chi connectivity index (χ0v) is 11.3. The van der Waals surface area contributed by atoms with E-state index in [0.717, 1.165) is 32.1 Å². The molecule has 0 aliphatic carbocycles. The van der Waals surface area contributed by atoms with Crippen LogP contribution in [0.5, 0.6) is 0 Å². The van der Waals surface area contributed by atoms with Gasteiger partial charge in [0.15, 0.2) is 5.82 Å². The number of amides is 1. The maximum atomic E-state index is 13.3. The van der Waals surface area contributed by atoms with Gasteiger partial charge in [-0.15, -0.1) is 24.8 Å². The lowest BCUT2D eigenvalue weighted by Gasteiger charge is -2.23. The molecule has 7 heteroatoms. The van der Waals surface area contributed by atoms with Gasteiger partial charge in [0.1, 0.15) is 0 Å². The molecule has 0 aromatic carbocycles. The molecule has 1 aromatic heterocycles. The molecule has 2 N–H and O–H groups in total. The summed E-state index contributed by atoms with van der Waals surface area (Å²) < 4.78 is 13.3. The van der Waals surface area contributed by atoms with Gasteiger partial charge in [0.05, 0.1) is 11.8 Å². The Morgan fingerprint density at radius 1 is 1.50 bits per heavy atom. The number of pyridine rings is 1. The number of aromatic nitrogens is 1. The number of nitrogens with zero attached hydrogens (tertiary/aromatic N) is 1. The highest BCUT2D eigenvalue weighted by Gasteiger charge is 2.18. The fraction of sp³-hybridized carbons (Fsp3) is 0.455. The standard InChI is InChI=1S/C11H14FN3O.2ClH/c12-10-7-14-5-3-9(10)11(16)15-8-2-1-4-13-6-8;;/h3,5,7-8,13H,1-2,4,6H2,(H,15,16);2*1H/t8-;;/m1../s1. The van der Waals surface area contributed by atoms with Crippen LogP contribution in [0.25, 0.3) is 0 Å². The third kappa shape index (κ3) is 4.40. The highest BCUT2D eigenvalue weighted by atomic mass is 35.5. The van der Waals surface area contributed by atoms with Crippen LogP contribution in [0.1, 0.15) is 23.2 Å². The molecule has 102 valence electrons. The maximum Gasteiger partial charge on any atom is 0.254 e. The molecule has 1 fully saturated rings. The molecule has 1 atom stereocenters. The van der Waals surface area contributed by atoms with Crippen molar-refractivity contribution in [2.75, 3.05) is 13.1 Å². The van der Waals surface area contributed by atoms with Gasteiger partial charge in [-0.3, -0.25) is 9.78 Å². The van der Waals surface area contributed by atoms with Gasteiger partial charge < -0.3 is 10.6 Å². The van der Waals surface area contributed by atoms with Crippen LogP contribution in [-0.4, -0.2) is 30.0 Å². The summed E-state index contributed by atoms with van der Waals surface area (Å²) in [5, 5.41) is 5.99. The van der Waals surface area contributed by atoms with Crippen LogP contribution in [0, 0.1) is 5.82 Å². The number of rotatable bonds is 2. The molecule has 1 amide bonds. The van der Waals surface area contributed by atoms with Gasteiger partial charge in [-0.25, -0.2) is 4.39 Å². The quantitative estimate of drug-likeness (QED) is 0.870. The zero-order valence-electron chi connectivity index (χ0n) is 9.69. The van der Waals surface area contributed by atoms with Crippen molar-refractivity contribution in [2.45, 2.75) is 18.9 Å². The van der Waals surface area contributed by atoms with Crippen LogP contribution in [0.3, 0.4) is 0 Å². The first-order valence-electron chi connectivity index (χ1n) is 5.38. The average molecular weight is 296 g/mol. The van der Waals surface area contributed by atoms with E-state index >= 15 is 0 Å². The molecule has 0 saturated carbocycles. The normalized spacial score (nSPS) is 18.2. The molecule has 2 heterocycles. The molecule has 1 saturated heterocycles. The van der Waals surface area contributed by atoms with E-state index in [1.54, 1.807) is 0 Å². The van der Waals surface area contributed by atoms with E-state index in [2.05, 4.69) is 15.6 Å². The van der Waals surface area contributed by atoms with Gasteiger partial charge in [0.25, 0.3) is 5.91 Å². The smallest absolute Gasteiger partial charge is 0.254 e. The summed E-state index contributed by atoms with van der Waals surface area (Å²) in [5.41, 5.74) is 0.0561. The Labute approximate surface area is 118 Å². The fourth-order valence-corrected chi connectivity index (χ4v) is 1.80. The van der Waals surface area contributed by atoms with Crippen LogP contribution in [0.4, 0.5) is 4.39 Å². The average Bonchev–Trinajstić information content (AvgIpc) is 2.31. The van der Waals surface area contributed by atoms with Crippen LogP contribution in [0.2, 0.25) is 0 Å². The first-order valence-corrected chi connectivity index (χ1v) is 5.38. The van der Waals surface area contributed by atoms with Crippen LogP contribution >= 0.6 is 24.8 Å². The first-order chi connectivity index (χ1) is 7.77. The molecule has 0 radical (unpaired) electrons. The number of carbonyl (C=O) groups is 1. The van der Waals surface area contributed by atoms with Gasteiger partial charge in [-0.1, -0.05) is 0 Å². The SMILES string of the molecule is Cl.Cl.O=C(N[C@@H]1CCCNC1)c1ccncc1F. The Morgan fingerprint density at radius 3 is 2.89 bits per heavy atom. The van der Waals surface area contributed by atoms with Crippen molar-refractivity contribution in [3.63, 3.8) is 0 Å². The molecule has 18 heavy (non-hydrogen) atoms. The topological polar surface area (TPSA) is 54.0 Å². The lowest BCUT2D eigenvalue weighted by molar-refractivity contribution is 0.0926. The van der Waals surface area contributed by atoms with Gasteiger partial charge in [0, 0.05) is 18.8 Å². The summed E-state index contributed by atoms with van der Waals surface area (Å²) in [7, 11) is 0. The van der Waals surface area contributed by atoms with Crippen molar-refractivity contribution in [3.05, 3.63) is 29.8 Å². The third-order valence-electron chi connectivity index (χ3n) is 2.65. The summed E-state index contributed by atoms with van der Waals surface area (Å²) in [6, 6.07) is 1.48. The number of hydrogen-bond acceptors (Lipinski definition) is 3. The maximum absolute atomic E-state index is 13.3. The molecule has 0 unspecified atom stereocenters.